The van der Waals surface area contributed by atoms with Gasteiger partial charge in [0, 0.05) is 18.7 Å². The van der Waals surface area contributed by atoms with Gasteiger partial charge in [0.25, 0.3) is 5.91 Å². The molecule has 6 nitrogen and oxygen atoms in total. The summed E-state index contributed by atoms with van der Waals surface area (Å²) in [6.45, 7) is 2.66. The Kier molecular flexibility index (Phi) is 8.25. The van der Waals surface area contributed by atoms with E-state index in [4.69, 9.17) is 9.47 Å². The van der Waals surface area contributed by atoms with Crippen LogP contribution in [0.2, 0.25) is 0 Å². The zero-order valence-electron chi connectivity index (χ0n) is 15.2. The smallest absolute Gasteiger partial charge is 0.251 e. The van der Waals surface area contributed by atoms with Crippen molar-refractivity contribution < 1.29 is 23.5 Å². The van der Waals surface area contributed by atoms with E-state index in [1.807, 2.05) is 30.3 Å². The number of nitrogens with one attached hydrogen (secondary N) is 2. The molecular formula is C20H23FN2O4. The molecular weight excluding hydrogens is 351 g/mol. The molecule has 144 valence electrons. The predicted octanol–water partition coefficient (Wildman–Crippen LogP) is 2.08. The van der Waals surface area contributed by atoms with E-state index in [1.165, 1.54) is 6.07 Å². The number of aryl methyl sites for hydroxylation is 1. The lowest BCUT2D eigenvalue weighted by Gasteiger charge is -2.09. The number of benzene rings is 2. The summed E-state index contributed by atoms with van der Waals surface area (Å²) < 4.78 is 24.1. The number of para-hydroxylation sites is 1. The van der Waals surface area contributed by atoms with Gasteiger partial charge in [0.1, 0.15) is 24.8 Å². The van der Waals surface area contributed by atoms with Crippen molar-refractivity contribution in [3.8, 4) is 5.75 Å². The lowest BCUT2D eigenvalue weighted by atomic mass is 10.1. The molecule has 2 aromatic rings. The Morgan fingerprint density at radius 1 is 1.00 bits per heavy atom. The summed E-state index contributed by atoms with van der Waals surface area (Å²) in [6, 6.07) is 13.6. The molecule has 0 atom stereocenters. The number of hydrogen-bond acceptors (Lipinski definition) is 4. The molecule has 0 spiro atoms. The Labute approximate surface area is 157 Å². The molecule has 0 aliphatic heterocycles. The van der Waals surface area contributed by atoms with Crippen molar-refractivity contribution in [2.75, 3.05) is 32.9 Å². The molecule has 0 aliphatic carbocycles. The fraction of sp³-hybridized carbons (Fsp3) is 0.300. The van der Waals surface area contributed by atoms with Gasteiger partial charge in [-0.15, -0.1) is 0 Å². The van der Waals surface area contributed by atoms with Gasteiger partial charge in [-0.3, -0.25) is 9.59 Å². The minimum absolute atomic E-state index is 0.0880. The molecule has 0 saturated heterocycles. The Balaban J connectivity index is 1.52. The molecule has 2 aromatic carbocycles. The summed E-state index contributed by atoms with van der Waals surface area (Å²) in [5.74, 6) is -0.359. The average molecular weight is 374 g/mol. The fourth-order valence-corrected chi connectivity index (χ4v) is 2.17. The first-order chi connectivity index (χ1) is 13.1. The van der Waals surface area contributed by atoms with E-state index < -0.39 is 11.7 Å². The van der Waals surface area contributed by atoms with E-state index in [-0.39, 0.29) is 37.8 Å². The van der Waals surface area contributed by atoms with Gasteiger partial charge in [0.2, 0.25) is 5.91 Å². The highest BCUT2D eigenvalue weighted by molar-refractivity contribution is 5.94. The van der Waals surface area contributed by atoms with Crippen LogP contribution in [0, 0.1) is 12.7 Å². The second-order valence-electron chi connectivity index (χ2n) is 5.78. The van der Waals surface area contributed by atoms with Crippen LogP contribution in [0.1, 0.15) is 15.9 Å². The van der Waals surface area contributed by atoms with Crippen LogP contribution < -0.4 is 15.4 Å². The number of amides is 2. The molecule has 0 unspecified atom stereocenters. The van der Waals surface area contributed by atoms with Gasteiger partial charge < -0.3 is 20.1 Å². The minimum atomic E-state index is -0.427. The van der Waals surface area contributed by atoms with Crippen molar-refractivity contribution in [2.24, 2.45) is 0 Å². The lowest BCUT2D eigenvalue weighted by molar-refractivity contribution is -0.125. The summed E-state index contributed by atoms with van der Waals surface area (Å²) in [5, 5.41) is 5.24. The van der Waals surface area contributed by atoms with Crippen LogP contribution in [0.25, 0.3) is 0 Å². The van der Waals surface area contributed by atoms with Gasteiger partial charge in [0.15, 0.2) is 0 Å². The third-order valence-electron chi connectivity index (χ3n) is 3.64. The average Bonchev–Trinajstić information content (AvgIpc) is 2.67. The lowest BCUT2D eigenvalue weighted by Crippen LogP contribution is -2.36. The zero-order valence-corrected chi connectivity index (χ0v) is 15.2. The number of rotatable bonds is 10. The molecule has 2 rings (SSSR count). The Bertz CT molecular complexity index is 753. The van der Waals surface area contributed by atoms with Gasteiger partial charge in [-0.1, -0.05) is 24.3 Å². The summed E-state index contributed by atoms with van der Waals surface area (Å²) in [6.07, 6.45) is 0. The van der Waals surface area contributed by atoms with Crippen LogP contribution in [-0.2, 0) is 9.53 Å². The molecule has 0 fully saturated rings. The van der Waals surface area contributed by atoms with Gasteiger partial charge in [-0.2, -0.15) is 0 Å². The normalized spacial score (nSPS) is 10.3. The number of hydrogen-bond donors (Lipinski definition) is 2. The Morgan fingerprint density at radius 3 is 2.48 bits per heavy atom. The van der Waals surface area contributed by atoms with Crippen LogP contribution in [0.15, 0.2) is 48.5 Å². The third kappa shape index (κ3) is 7.45. The van der Waals surface area contributed by atoms with E-state index in [2.05, 4.69) is 10.6 Å². The van der Waals surface area contributed by atoms with Crippen molar-refractivity contribution in [3.05, 3.63) is 65.5 Å². The van der Waals surface area contributed by atoms with Gasteiger partial charge in [-0.25, -0.2) is 4.39 Å². The second kappa shape index (κ2) is 10.9. The largest absolute Gasteiger partial charge is 0.491 e. The van der Waals surface area contributed by atoms with Crippen molar-refractivity contribution in [3.63, 3.8) is 0 Å². The molecule has 0 radical (unpaired) electrons. The standard InChI is InChI=1S/C20H23FN2O4/c1-15-7-8-16(13-18(15)21)20(25)23-10-9-22-19(24)14-26-11-12-27-17-5-3-2-4-6-17/h2-8,13H,9-12,14H2,1H3,(H,22,24)(H,23,25). The van der Waals surface area contributed by atoms with Crippen molar-refractivity contribution in [1.82, 2.24) is 10.6 Å². The van der Waals surface area contributed by atoms with Crippen LogP contribution in [0.5, 0.6) is 5.75 Å². The molecule has 0 saturated carbocycles. The van der Waals surface area contributed by atoms with Gasteiger partial charge in [0.05, 0.1) is 6.61 Å². The second-order valence-corrected chi connectivity index (χ2v) is 5.78. The summed E-state index contributed by atoms with van der Waals surface area (Å²) in [5.41, 5.74) is 0.721. The Morgan fingerprint density at radius 2 is 1.74 bits per heavy atom. The fourth-order valence-electron chi connectivity index (χ4n) is 2.17. The highest BCUT2D eigenvalue weighted by Crippen LogP contribution is 2.09. The summed E-state index contributed by atoms with van der Waals surface area (Å²) >= 11 is 0. The van der Waals surface area contributed by atoms with E-state index >= 15 is 0 Å². The highest BCUT2D eigenvalue weighted by atomic mass is 19.1. The van der Waals surface area contributed by atoms with Crippen LogP contribution >= 0.6 is 0 Å². The number of halogens is 1. The first-order valence-corrected chi connectivity index (χ1v) is 8.63. The van der Waals surface area contributed by atoms with Crippen molar-refractivity contribution in [1.29, 1.82) is 0 Å². The van der Waals surface area contributed by atoms with Gasteiger partial charge in [-0.05, 0) is 36.8 Å². The first-order valence-electron chi connectivity index (χ1n) is 8.63. The van der Waals surface area contributed by atoms with Crippen LogP contribution in [0.4, 0.5) is 4.39 Å². The van der Waals surface area contributed by atoms with E-state index in [1.54, 1.807) is 19.1 Å². The zero-order chi connectivity index (χ0) is 19.5. The highest BCUT2D eigenvalue weighted by Gasteiger charge is 2.08. The molecule has 0 bridgehead atoms. The molecule has 2 N–H and O–H groups in total. The van der Waals surface area contributed by atoms with Gasteiger partial charge >= 0.3 is 0 Å². The van der Waals surface area contributed by atoms with Crippen molar-refractivity contribution >= 4 is 11.8 Å². The number of carbonyl (C=O) groups is 2. The molecule has 2 amide bonds. The quantitative estimate of drug-likeness (QED) is 0.625. The number of ether oxygens (including phenoxy) is 2. The van der Waals surface area contributed by atoms with E-state index in [9.17, 15) is 14.0 Å². The Hall–Kier alpha value is -2.93. The maximum absolute atomic E-state index is 13.4. The molecule has 27 heavy (non-hydrogen) atoms. The minimum Gasteiger partial charge on any atom is -0.491 e. The third-order valence-corrected chi connectivity index (χ3v) is 3.64. The van der Waals surface area contributed by atoms with E-state index in [0.717, 1.165) is 5.75 Å². The molecule has 0 aromatic heterocycles. The topological polar surface area (TPSA) is 76.7 Å². The predicted molar refractivity (Wildman–Crippen MR) is 99.2 cm³/mol. The van der Waals surface area contributed by atoms with E-state index in [0.29, 0.717) is 12.2 Å². The maximum atomic E-state index is 13.4. The van der Waals surface area contributed by atoms with Crippen LogP contribution in [0.3, 0.4) is 0 Å². The SMILES string of the molecule is Cc1ccc(C(=O)NCCNC(=O)COCCOc2ccccc2)cc1F. The first kappa shape index (κ1) is 20.4. The molecule has 7 heteroatoms. The molecule has 0 heterocycles. The maximum Gasteiger partial charge on any atom is 0.251 e. The summed E-state index contributed by atoms with van der Waals surface area (Å²) in [7, 11) is 0. The monoisotopic (exact) mass is 374 g/mol. The number of carbonyl (C=O) groups excluding carboxylic acids is 2. The van der Waals surface area contributed by atoms with Crippen LogP contribution in [-0.4, -0.2) is 44.7 Å². The summed E-state index contributed by atoms with van der Waals surface area (Å²) in [4.78, 5) is 23.5. The molecule has 0 aliphatic rings. The van der Waals surface area contributed by atoms with Crippen molar-refractivity contribution in [2.45, 2.75) is 6.92 Å².